The number of hydrogen-bond acceptors (Lipinski definition) is 3. The number of halogens is 4. The van der Waals surface area contributed by atoms with Crippen LogP contribution in [0.25, 0.3) is 0 Å². The lowest BCUT2D eigenvalue weighted by Crippen LogP contribution is -2.51. The van der Waals surface area contributed by atoms with E-state index >= 15 is 0 Å². The largest absolute Gasteiger partial charge is 0.475 e. The van der Waals surface area contributed by atoms with E-state index in [-0.39, 0.29) is 3.58 Å². The van der Waals surface area contributed by atoms with Crippen LogP contribution in [-0.4, -0.2) is 36.1 Å². The van der Waals surface area contributed by atoms with E-state index in [1.807, 2.05) is 0 Å². The predicted molar refractivity (Wildman–Crippen MR) is 55.0 cm³/mol. The van der Waals surface area contributed by atoms with Gasteiger partial charge in [-0.2, -0.15) is 13.2 Å². The van der Waals surface area contributed by atoms with Gasteiger partial charge in [0.2, 0.25) is 11.4 Å². The highest BCUT2D eigenvalue weighted by Crippen LogP contribution is 2.48. The van der Waals surface area contributed by atoms with Crippen LogP contribution in [0.3, 0.4) is 0 Å². The van der Waals surface area contributed by atoms with Gasteiger partial charge in [-0.3, -0.25) is 0 Å². The molecule has 0 bridgehead atoms. The van der Waals surface area contributed by atoms with Crippen molar-refractivity contribution < 1.29 is 32.5 Å². The number of alkyl halides is 3. The highest BCUT2D eigenvalue weighted by molar-refractivity contribution is 14.1. The number of hydrogen-bond donors (Lipinski definition) is 1. The number of carbonyl (C=O) groups is 1. The molecule has 92 valence electrons. The van der Waals surface area contributed by atoms with E-state index in [0.717, 1.165) is 14.0 Å². The molecule has 0 aromatic carbocycles. The smallest absolute Gasteiger partial charge is 0.430 e. The fraction of sp³-hybridized carbons (Fsp3) is 0.625. The van der Waals surface area contributed by atoms with Crippen LogP contribution in [0.4, 0.5) is 13.2 Å². The molecule has 1 N–H and O–H groups in total. The minimum absolute atomic E-state index is 0.104. The van der Waals surface area contributed by atoms with Gasteiger partial charge >= 0.3 is 12.1 Å². The van der Waals surface area contributed by atoms with Crippen LogP contribution in [0, 0.1) is 0 Å². The molecule has 1 aliphatic rings. The van der Waals surface area contributed by atoms with Gasteiger partial charge in [0.05, 0.1) is 3.58 Å². The summed E-state index contributed by atoms with van der Waals surface area (Å²) in [7, 11) is 1.07. The second kappa shape index (κ2) is 4.06. The van der Waals surface area contributed by atoms with Gasteiger partial charge in [-0.15, -0.1) is 0 Å². The maximum atomic E-state index is 12.8. The lowest BCUT2D eigenvalue weighted by molar-refractivity contribution is -0.275. The molecule has 0 fully saturated rings. The molecule has 2 atom stereocenters. The minimum atomic E-state index is -4.72. The highest BCUT2D eigenvalue weighted by Gasteiger charge is 2.64. The summed E-state index contributed by atoms with van der Waals surface area (Å²) in [6, 6.07) is 0. The lowest BCUT2D eigenvalue weighted by atomic mass is 10.00. The molecule has 2 unspecified atom stereocenters. The Hall–Kier alpha value is -0.510. The first-order valence-corrected chi connectivity index (χ1v) is 5.14. The van der Waals surface area contributed by atoms with Gasteiger partial charge in [-0.25, -0.2) is 4.79 Å². The molecule has 1 aliphatic heterocycles. The monoisotopic (exact) mass is 352 g/mol. The number of methoxy groups -OCH3 is 1. The molecule has 0 saturated heterocycles. The Morgan fingerprint density at radius 2 is 2.12 bits per heavy atom. The number of aliphatic carboxylic acids is 1. The molecule has 4 nitrogen and oxygen atoms in total. The number of ether oxygens (including phenoxy) is 2. The molecule has 0 aliphatic carbocycles. The average Bonchev–Trinajstić information content (AvgIpc) is 2.38. The second-order valence-electron chi connectivity index (χ2n) is 3.30. The third-order valence-electron chi connectivity index (χ3n) is 2.25. The van der Waals surface area contributed by atoms with Crippen LogP contribution in [0.15, 0.2) is 9.34 Å². The number of carboxylic acid groups (broad SMARTS) is 1. The second-order valence-corrected chi connectivity index (χ2v) is 4.47. The van der Waals surface area contributed by atoms with Gasteiger partial charge in [0, 0.05) is 7.11 Å². The molecular formula is C8H8F3IO4. The molecule has 0 radical (unpaired) electrons. The Balaban J connectivity index is 3.19. The van der Waals surface area contributed by atoms with Crippen molar-refractivity contribution in [1.29, 1.82) is 0 Å². The summed E-state index contributed by atoms with van der Waals surface area (Å²) in [5, 5.41) is 8.68. The molecule has 0 aromatic rings. The molecule has 16 heavy (non-hydrogen) atoms. The summed E-state index contributed by atoms with van der Waals surface area (Å²) in [6.45, 7) is 0.760. The molecular weight excluding hydrogens is 344 g/mol. The zero-order valence-corrected chi connectivity index (χ0v) is 10.4. The Bertz CT molecular complexity index is 352. The third-order valence-corrected chi connectivity index (χ3v) is 3.31. The standard InChI is InChI=1S/C8H8F3IO4/c1-7(8(9,10)11)5(15-2)3(12)4(16-7)6(13)14/h5H,1-2H3,(H,13,14). The van der Waals surface area contributed by atoms with Gasteiger partial charge in [0.25, 0.3) is 0 Å². The Morgan fingerprint density at radius 1 is 1.62 bits per heavy atom. The summed E-state index contributed by atoms with van der Waals surface area (Å²) in [5.41, 5.74) is -2.66. The van der Waals surface area contributed by atoms with Crippen molar-refractivity contribution in [3.8, 4) is 0 Å². The fourth-order valence-corrected chi connectivity index (χ4v) is 2.55. The Morgan fingerprint density at radius 3 is 2.38 bits per heavy atom. The maximum absolute atomic E-state index is 12.8. The first kappa shape index (κ1) is 13.6. The Kier molecular flexibility index (Phi) is 3.44. The van der Waals surface area contributed by atoms with Crippen LogP contribution in [0.1, 0.15) is 6.92 Å². The minimum Gasteiger partial charge on any atom is -0.475 e. The Labute approximate surface area is 103 Å². The summed E-state index contributed by atoms with van der Waals surface area (Å²) in [5.74, 6) is -2.26. The van der Waals surface area contributed by atoms with Crippen LogP contribution >= 0.6 is 22.6 Å². The fourth-order valence-electron chi connectivity index (χ4n) is 1.36. The molecule has 0 saturated carbocycles. The maximum Gasteiger partial charge on any atom is 0.430 e. The van der Waals surface area contributed by atoms with Gasteiger partial charge < -0.3 is 14.6 Å². The van der Waals surface area contributed by atoms with Crippen molar-refractivity contribution in [2.45, 2.75) is 24.8 Å². The lowest BCUT2D eigenvalue weighted by Gasteiger charge is -2.32. The van der Waals surface area contributed by atoms with E-state index in [4.69, 9.17) is 5.11 Å². The first-order chi connectivity index (χ1) is 7.15. The zero-order valence-electron chi connectivity index (χ0n) is 8.26. The topological polar surface area (TPSA) is 55.8 Å². The van der Waals surface area contributed by atoms with Crippen molar-refractivity contribution in [2.24, 2.45) is 0 Å². The van der Waals surface area contributed by atoms with Crippen molar-refractivity contribution >= 4 is 28.6 Å². The summed E-state index contributed by atoms with van der Waals surface area (Å²) in [4.78, 5) is 10.7. The molecule has 1 heterocycles. The number of rotatable bonds is 2. The molecule has 0 aromatic heterocycles. The van der Waals surface area contributed by atoms with E-state index in [0.29, 0.717) is 0 Å². The van der Waals surface area contributed by atoms with Gasteiger partial charge in [0.15, 0.2) is 0 Å². The van der Waals surface area contributed by atoms with Crippen LogP contribution in [0.2, 0.25) is 0 Å². The van der Waals surface area contributed by atoms with E-state index < -0.39 is 29.6 Å². The van der Waals surface area contributed by atoms with Gasteiger partial charge in [0.1, 0.15) is 6.10 Å². The molecule has 8 heteroatoms. The summed E-state index contributed by atoms with van der Waals surface area (Å²) >= 11 is 1.49. The van der Waals surface area contributed by atoms with Crippen LogP contribution < -0.4 is 0 Å². The summed E-state index contributed by atoms with van der Waals surface area (Å²) < 4.78 is 47.4. The zero-order chi connectivity index (χ0) is 12.7. The molecule has 0 spiro atoms. The van der Waals surface area contributed by atoms with Gasteiger partial charge in [-0.1, -0.05) is 0 Å². The van der Waals surface area contributed by atoms with Crippen LogP contribution in [-0.2, 0) is 14.3 Å². The average molecular weight is 352 g/mol. The van der Waals surface area contributed by atoms with Crippen LogP contribution in [0.5, 0.6) is 0 Å². The van der Waals surface area contributed by atoms with Gasteiger partial charge in [-0.05, 0) is 29.5 Å². The van der Waals surface area contributed by atoms with E-state index in [2.05, 4.69) is 9.47 Å². The van der Waals surface area contributed by atoms with Crippen molar-refractivity contribution in [2.75, 3.05) is 7.11 Å². The van der Waals surface area contributed by atoms with E-state index in [1.54, 1.807) is 0 Å². The van der Waals surface area contributed by atoms with Crippen molar-refractivity contribution in [3.05, 3.63) is 9.34 Å². The van der Waals surface area contributed by atoms with E-state index in [9.17, 15) is 18.0 Å². The first-order valence-electron chi connectivity index (χ1n) is 4.06. The van der Waals surface area contributed by atoms with Crippen molar-refractivity contribution in [1.82, 2.24) is 0 Å². The number of carboxylic acids is 1. The van der Waals surface area contributed by atoms with E-state index in [1.165, 1.54) is 22.6 Å². The third kappa shape index (κ3) is 1.88. The predicted octanol–water partition coefficient (Wildman–Crippen LogP) is 2.08. The molecule has 0 amide bonds. The SMILES string of the molecule is COC1C(I)=C(C(=O)O)OC1(C)C(F)(F)F. The quantitative estimate of drug-likeness (QED) is 0.774. The highest BCUT2D eigenvalue weighted by atomic mass is 127. The molecule has 1 rings (SSSR count). The van der Waals surface area contributed by atoms with Crippen molar-refractivity contribution in [3.63, 3.8) is 0 Å². The summed E-state index contributed by atoms with van der Waals surface area (Å²) in [6.07, 6.45) is -6.18. The normalized spacial score (nSPS) is 30.5.